The Kier molecular flexibility index (Phi) is 48.2. The predicted molar refractivity (Wildman–Crippen MR) is 334 cm³/mol. The molecule has 0 radical (unpaired) electrons. The fourth-order valence-electron chi connectivity index (χ4n) is 8.89. The monoisotopic (exact) mass is 1160 g/mol. The Bertz CT molecular complexity index is 1930. The van der Waals surface area contributed by atoms with Gasteiger partial charge in [0.25, 0.3) is 0 Å². The van der Waals surface area contributed by atoms with Gasteiger partial charge in [-0.2, -0.15) is 0 Å². The molecule has 470 valence electrons. The van der Waals surface area contributed by atoms with Crippen LogP contribution in [0.5, 0.6) is 0 Å². The standard InChI is InChI=1S/C69H110O14/c1-3-5-7-9-11-13-15-17-19-21-23-25-27-28-29-31-33-35-37-39-41-43-45-47-49-51-53-78-55-58(56-79-68-67(77)65(75)63(73)60(83-68)57-80-69-66(76)64(74)62(72)59(54-70)82-69)81-61(71)52-50-48-46-44-42-40-38-36-34-32-30-26-24-22-20-18-16-14-12-10-8-6-4-2/h5-8,11-14,17-20,23-26,28-29,32,34,38,40,44,46,58-60,62-70,72-77H,3-4,9-10,15-16,21-22,27,30-31,33,35-37,39,41-43,45,47-57H2,1-2H3/b7-5-,8-6-,13-11-,14-12-,19-17-,20-18-,25-23-,26-24-,29-28-,34-32-,40-38-,46-44-. The molecule has 0 spiro atoms. The highest BCUT2D eigenvalue weighted by molar-refractivity contribution is 5.69. The number of unbranched alkanes of at least 4 members (excludes halogenated alkanes) is 11. The average Bonchev–Trinajstić information content (AvgIpc) is 3.49. The van der Waals surface area contributed by atoms with Crippen molar-refractivity contribution in [3.05, 3.63) is 146 Å². The highest BCUT2D eigenvalue weighted by atomic mass is 16.7. The van der Waals surface area contributed by atoms with Crippen molar-refractivity contribution in [2.75, 3.05) is 33.0 Å². The number of rotatable bonds is 49. The fourth-order valence-corrected chi connectivity index (χ4v) is 8.89. The number of allylic oxidation sites excluding steroid dienone is 24. The largest absolute Gasteiger partial charge is 0.457 e. The molecule has 2 fully saturated rings. The molecule has 0 aliphatic carbocycles. The van der Waals surface area contributed by atoms with E-state index in [4.69, 9.17) is 28.4 Å². The summed E-state index contributed by atoms with van der Waals surface area (Å²) < 4.78 is 34.4. The van der Waals surface area contributed by atoms with Gasteiger partial charge in [-0.05, 0) is 109 Å². The summed E-state index contributed by atoms with van der Waals surface area (Å²) in [5.74, 6) is -0.441. The predicted octanol–water partition coefficient (Wildman–Crippen LogP) is 12.4. The van der Waals surface area contributed by atoms with Crippen LogP contribution in [0, 0.1) is 0 Å². The van der Waals surface area contributed by atoms with Gasteiger partial charge in [0.1, 0.15) is 54.9 Å². The molecule has 14 nitrogen and oxygen atoms in total. The van der Waals surface area contributed by atoms with Gasteiger partial charge in [-0.25, -0.2) is 0 Å². The summed E-state index contributed by atoms with van der Waals surface area (Å²) in [6.45, 7) is 3.35. The van der Waals surface area contributed by atoms with Crippen LogP contribution in [0.25, 0.3) is 0 Å². The number of esters is 1. The molecule has 2 rings (SSSR count). The SMILES string of the molecule is CC/C=C\C/C=C\C/C=C\C/C=C\C/C=C\C/C=C\C/C=C\CCCC(=O)OC(COCCCCCCCCCCCC/C=C\C/C=C\C/C=C\C/C=C\C/C=C\CC)COC1OC(COC2OC(CO)C(O)C(O)C2O)C(O)C(O)C1O. The van der Waals surface area contributed by atoms with Crippen molar-refractivity contribution < 1.29 is 69.0 Å². The molecular weight excluding hydrogens is 1050 g/mol. The Morgan fingerprint density at radius 3 is 1.17 bits per heavy atom. The van der Waals surface area contributed by atoms with Gasteiger partial charge in [-0.1, -0.05) is 211 Å². The van der Waals surface area contributed by atoms with E-state index in [9.17, 15) is 40.5 Å². The molecule has 2 saturated heterocycles. The van der Waals surface area contributed by atoms with Crippen LogP contribution in [0.1, 0.15) is 181 Å². The maximum atomic E-state index is 13.1. The van der Waals surface area contributed by atoms with E-state index in [0.717, 1.165) is 103 Å². The minimum Gasteiger partial charge on any atom is -0.457 e. The quantitative estimate of drug-likeness (QED) is 0.0172. The zero-order valence-electron chi connectivity index (χ0n) is 50.6. The Morgan fingerprint density at radius 2 is 0.747 bits per heavy atom. The second-order valence-electron chi connectivity index (χ2n) is 21.1. The molecule has 83 heavy (non-hydrogen) atoms. The van der Waals surface area contributed by atoms with Crippen molar-refractivity contribution in [2.45, 2.75) is 248 Å². The maximum absolute atomic E-state index is 13.1. The zero-order valence-corrected chi connectivity index (χ0v) is 50.6. The Hall–Kier alpha value is -4.13. The summed E-state index contributed by atoms with van der Waals surface area (Å²) in [6, 6.07) is 0. The van der Waals surface area contributed by atoms with Crippen molar-refractivity contribution >= 4 is 5.97 Å². The lowest BCUT2D eigenvalue weighted by Gasteiger charge is -2.42. The molecule has 11 atom stereocenters. The van der Waals surface area contributed by atoms with Crippen LogP contribution in [0.15, 0.2) is 146 Å². The third kappa shape index (κ3) is 39.2. The van der Waals surface area contributed by atoms with E-state index in [0.29, 0.717) is 19.4 Å². The molecular formula is C69H110O14. The summed E-state index contributed by atoms with van der Waals surface area (Å²) in [5.41, 5.74) is 0. The van der Waals surface area contributed by atoms with Crippen molar-refractivity contribution in [1.29, 1.82) is 0 Å². The van der Waals surface area contributed by atoms with Crippen LogP contribution in [-0.2, 0) is 33.2 Å². The lowest BCUT2D eigenvalue weighted by atomic mass is 9.98. The first-order valence-electron chi connectivity index (χ1n) is 31.4. The number of ether oxygens (including phenoxy) is 6. The summed E-state index contributed by atoms with van der Waals surface area (Å²) in [6.07, 6.45) is 62.0. The summed E-state index contributed by atoms with van der Waals surface area (Å²) in [7, 11) is 0. The highest BCUT2D eigenvalue weighted by Crippen LogP contribution is 2.26. The van der Waals surface area contributed by atoms with Gasteiger partial charge in [0.15, 0.2) is 12.6 Å². The second-order valence-corrected chi connectivity index (χ2v) is 21.1. The average molecular weight is 1160 g/mol. The van der Waals surface area contributed by atoms with Gasteiger partial charge in [-0.15, -0.1) is 0 Å². The van der Waals surface area contributed by atoms with Gasteiger partial charge in [-0.3, -0.25) is 4.79 Å². The smallest absolute Gasteiger partial charge is 0.306 e. The van der Waals surface area contributed by atoms with E-state index in [2.05, 4.69) is 154 Å². The van der Waals surface area contributed by atoms with Crippen LogP contribution in [-0.4, -0.2) is 142 Å². The summed E-state index contributed by atoms with van der Waals surface area (Å²) in [5, 5.41) is 72.5. The van der Waals surface area contributed by atoms with Crippen LogP contribution in [0.4, 0.5) is 0 Å². The zero-order chi connectivity index (χ0) is 60.1. The third-order valence-electron chi connectivity index (χ3n) is 13.8. The molecule has 14 heteroatoms. The molecule has 0 aromatic heterocycles. The Morgan fingerprint density at radius 1 is 0.398 bits per heavy atom. The number of aliphatic hydroxyl groups is 7. The molecule has 0 bridgehead atoms. The first-order valence-corrected chi connectivity index (χ1v) is 31.4. The molecule has 2 heterocycles. The number of hydrogen-bond acceptors (Lipinski definition) is 14. The Balaban J connectivity index is 1.72. The number of aliphatic hydroxyl groups excluding tert-OH is 7. The lowest BCUT2D eigenvalue weighted by Crippen LogP contribution is -2.61. The van der Waals surface area contributed by atoms with E-state index < -0.39 is 86.7 Å². The second kappa shape index (κ2) is 53.3. The van der Waals surface area contributed by atoms with Gasteiger partial charge < -0.3 is 64.2 Å². The number of hydrogen-bond donors (Lipinski definition) is 7. The number of carbonyl (C=O) groups is 1. The normalized spacial score (nSPS) is 24.4. The molecule has 0 aromatic carbocycles. The van der Waals surface area contributed by atoms with Gasteiger partial charge in [0.05, 0.1) is 26.4 Å². The van der Waals surface area contributed by atoms with Crippen molar-refractivity contribution in [2.24, 2.45) is 0 Å². The van der Waals surface area contributed by atoms with Crippen LogP contribution >= 0.6 is 0 Å². The lowest BCUT2D eigenvalue weighted by molar-refractivity contribution is -0.332. The molecule has 0 saturated carbocycles. The van der Waals surface area contributed by atoms with Gasteiger partial charge >= 0.3 is 5.97 Å². The van der Waals surface area contributed by atoms with E-state index in [-0.39, 0.29) is 19.6 Å². The molecule has 2 aliphatic heterocycles. The van der Waals surface area contributed by atoms with E-state index in [1.807, 2.05) is 6.08 Å². The first-order chi connectivity index (χ1) is 40.6. The van der Waals surface area contributed by atoms with Gasteiger partial charge in [0, 0.05) is 13.0 Å². The van der Waals surface area contributed by atoms with E-state index in [1.54, 1.807) is 0 Å². The molecule has 2 aliphatic rings. The number of carbonyl (C=O) groups excluding carboxylic acids is 1. The highest BCUT2D eigenvalue weighted by Gasteiger charge is 2.47. The minimum absolute atomic E-state index is 0.0241. The van der Waals surface area contributed by atoms with Crippen LogP contribution in [0.2, 0.25) is 0 Å². The molecule has 0 amide bonds. The Labute approximate surface area is 500 Å². The summed E-state index contributed by atoms with van der Waals surface area (Å²) in [4.78, 5) is 13.1. The van der Waals surface area contributed by atoms with Crippen molar-refractivity contribution in [3.63, 3.8) is 0 Å². The molecule has 0 aromatic rings. The first kappa shape index (κ1) is 75.0. The van der Waals surface area contributed by atoms with E-state index >= 15 is 0 Å². The van der Waals surface area contributed by atoms with Crippen LogP contribution < -0.4 is 0 Å². The van der Waals surface area contributed by atoms with E-state index in [1.165, 1.54) is 44.9 Å². The molecule has 11 unspecified atom stereocenters. The van der Waals surface area contributed by atoms with Gasteiger partial charge in [0.2, 0.25) is 0 Å². The van der Waals surface area contributed by atoms with Crippen molar-refractivity contribution in [3.8, 4) is 0 Å². The van der Waals surface area contributed by atoms with Crippen molar-refractivity contribution in [1.82, 2.24) is 0 Å². The minimum atomic E-state index is -1.73. The molecule has 7 N–H and O–H groups in total. The topological polar surface area (TPSA) is 214 Å². The fraction of sp³-hybridized carbons (Fsp3) is 0.638. The third-order valence-corrected chi connectivity index (χ3v) is 13.8. The van der Waals surface area contributed by atoms with Crippen LogP contribution in [0.3, 0.4) is 0 Å². The maximum Gasteiger partial charge on any atom is 0.306 e. The summed E-state index contributed by atoms with van der Waals surface area (Å²) >= 11 is 0.